The molecule has 0 spiro atoms. The van der Waals surface area contributed by atoms with Crippen LogP contribution in [0.1, 0.15) is 26.7 Å². The second-order valence-electron chi connectivity index (χ2n) is 4.38. The lowest BCUT2D eigenvalue weighted by Crippen LogP contribution is -2.00. The third kappa shape index (κ3) is 3.58. The Morgan fingerprint density at radius 3 is 2.58 bits per heavy atom. The molecule has 2 rings (SSSR count). The Kier molecular flexibility index (Phi) is 5.03. The number of aryl methyl sites for hydroxylation is 3. The third-order valence-corrected chi connectivity index (χ3v) is 4.98. The van der Waals surface area contributed by atoms with Gasteiger partial charge in [0.05, 0.1) is 5.69 Å². The number of hydrogen-bond acceptors (Lipinski definition) is 3. The Morgan fingerprint density at radius 1 is 1.26 bits per heavy atom. The van der Waals surface area contributed by atoms with Crippen molar-refractivity contribution in [2.45, 2.75) is 32.7 Å². The smallest absolute Gasteiger partial charge is 0.140 e. The van der Waals surface area contributed by atoms with E-state index in [2.05, 4.69) is 62.8 Å². The fourth-order valence-corrected chi connectivity index (χ4v) is 3.72. The molecule has 2 aromatic rings. The van der Waals surface area contributed by atoms with Gasteiger partial charge in [-0.15, -0.1) is 11.3 Å². The molecule has 1 heterocycles. The van der Waals surface area contributed by atoms with E-state index in [-0.39, 0.29) is 0 Å². The number of nitrogens with zero attached hydrogens (tertiary/aromatic N) is 1. The average molecular weight is 405 g/mol. The van der Waals surface area contributed by atoms with E-state index in [1.54, 1.807) is 11.3 Å². The maximum Gasteiger partial charge on any atom is 0.140 e. The molecule has 1 aromatic heterocycles. The Balaban J connectivity index is 2.19. The van der Waals surface area contributed by atoms with Gasteiger partial charge in [0.1, 0.15) is 17.4 Å². The first-order valence-corrected chi connectivity index (χ1v) is 8.65. The van der Waals surface area contributed by atoms with E-state index in [9.17, 15) is 0 Å². The van der Waals surface area contributed by atoms with Gasteiger partial charge in [-0.3, -0.25) is 0 Å². The van der Waals surface area contributed by atoms with Crippen molar-refractivity contribution in [1.82, 2.24) is 4.98 Å². The SMILES string of the molecule is Cc1cc(Br)cc(CBr)c1OCc1nc(C)c(C)s1. The van der Waals surface area contributed by atoms with Gasteiger partial charge in [0.15, 0.2) is 0 Å². The molecule has 0 atom stereocenters. The molecule has 5 heteroatoms. The van der Waals surface area contributed by atoms with Gasteiger partial charge < -0.3 is 4.74 Å². The molecule has 19 heavy (non-hydrogen) atoms. The van der Waals surface area contributed by atoms with E-state index in [1.165, 1.54) is 4.88 Å². The van der Waals surface area contributed by atoms with Gasteiger partial charge >= 0.3 is 0 Å². The predicted octanol–water partition coefficient (Wildman–Crippen LogP) is 5.30. The van der Waals surface area contributed by atoms with Gasteiger partial charge in [0.2, 0.25) is 0 Å². The molecule has 1 aromatic carbocycles. The molecular weight excluding hydrogens is 390 g/mol. The first-order chi connectivity index (χ1) is 9.01. The standard InChI is InChI=1S/C14H15Br2NOS/c1-8-4-12(16)5-11(6-15)14(8)18-7-13-17-9(2)10(3)19-13/h4-5H,6-7H2,1-3H3. The van der Waals surface area contributed by atoms with E-state index in [0.29, 0.717) is 6.61 Å². The van der Waals surface area contributed by atoms with Gasteiger partial charge in [-0.25, -0.2) is 4.98 Å². The van der Waals surface area contributed by atoms with Gasteiger partial charge in [-0.05, 0) is 38.5 Å². The van der Waals surface area contributed by atoms with Crippen LogP contribution in [-0.4, -0.2) is 4.98 Å². The molecule has 0 fully saturated rings. The molecule has 0 N–H and O–H groups in total. The summed E-state index contributed by atoms with van der Waals surface area (Å²) in [6.45, 7) is 6.71. The van der Waals surface area contributed by atoms with E-state index < -0.39 is 0 Å². The molecule has 0 aliphatic carbocycles. The highest BCUT2D eigenvalue weighted by Crippen LogP contribution is 2.30. The second kappa shape index (κ2) is 6.37. The van der Waals surface area contributed by atoms with Crippen molar-refractivity contribution in [3.8, 4) is 5.75 Å². The number of rotatable bonds is 4. The number of alkyl halides is 1. The molecule has 102 valence electrons. The summed E-state index contributed by atoms with van der Waals surface area (Å²) >= 11 is 8.71. The molecule has 2 nitrogen and oxygen atoms in total. The lowest BCUT2D eigenvalue weighted by molar-refractivity contribution is 0.301. The van der Waals surface area contributed by atoms with E-state index in [0.717, 1.165) is 37.4 Å². The minimum atomic E-state index is 0.530. The van der Waals surface area contributed by atoms with Gasteiger partial charge in [0.25, 0.3) is 0 Å². The van der Waals surface area contributed by atoms with Crippen LogP contribution < -0.4 is 4.74 Å². The summed E-state index contributed by atoms with van der Waals surface area (Å²) in [5.41, 5.74) is 3.38. The zero-order valence-corrected chi connectivity index (χ0v) is 15.1. The topological polar surface area (TPSA) is 22.1 Å². The van der Waals surface area contributed by atoms with Crippen molar-refractivity contribution >= 4 is 43.2 Å². The molecule has 0 saturated heterocycles. The molecule has 0 radical (unpaired) electrons. The van der Waals surface area contributed by atoms with Crippen LogP contribution in [0.2, 0.25) is 0 Å². The van der Waals surface area contributed by atoms with Crippen LogP contribution in [0.4, 0.5) is 0 Å². The first-order valence-electron chi connectivity index (χ1n) is 5.92. The van der Waals surface area contributed by atoms with Crippen molar-refractivity contribution in [3.63, 3.8) is 0 Å². The molecule has 0 amide bonds. The highest BCUT2D eigenvalue weighted by molar-refractivity contribution is 9.10. The number of aromatic nitrogens is 1. The minimum Gasteiger partial charge on any atom is -0.486 e. The van der Waals surface area contributed by atoms with Crippen LogP contribution in [0.25, 0.3) is 0 Å². The Morgan fingerprint density at radius 2 is 2.00 bits per heavy atom. The summed E-state index contributed by atoms with van der Waals surface area (Å²) in [4.78, 5) is 5.76. The van der Waals surface area contributed by atoms with Gasteiger partial charge in [0, 0.05) is 20.2 Å². The van der Waals surface area contributed by atoms with Crippen molar-refractivity contribution in [1.29, 1.82) is 0 Å². The zero-order valence-electron chi connectivity index (χ0n) is 11.1. The van der Waals surface area contributed by atoms with Crippen LogP contribution in [-0.2, 0) is 11.9 Å². The lowest BCUT2D eigenvalue weighted by Gasteiger charge is -2.12. The van der Waals surface area contributed by atoms with E-state index >= 15 is 0 Å². The summed E-state index contributed by atoms with van der Waals surface area (Å²) in [7, 11) is 0. The number of ether oxygens (including phenoxy) is 1. The normalized spacial score (nSPS) is 10.8. The highest BCUT2D eigenvalue weighted by atomic mass is 79.9. The number of thiazole rings is 1. The summed E-state index contributed by atoms with van der Waals surface area (Å²) in [5, 5.41) is 1.80. The quantitative estimate of drug-likeness (QED) is 0.644. The maximum absolute atomic E-state index is 5.97. The number of halogens is 2. The fourth-order valence-electron chi connectivity index (χ4n) is 1.84. The number of hydrogen-bond donors (Lipinski definition) is 0. The molecule has 0 saturated carbocycles. The largest absolute Gasteiger partial charge is 0.486 e. The molecule has 0 bridgehead atoms. The van der Waals surface area contributed by atoms with Crippen molar-refractivity contribution in [2.75, 3.05) is 0 Å². The Labute approximate surface area is 134 Å². The first kappa shape index (κ1) is 15.0. The average Bonchev–Trinajstić information content (AvgIpc) is 2.66. The van der Waals surface area contributed by atoms with Crippen LogP contribution in [0.3, 0.4) is 0 Å². The summed E-state index contributed by atoms with van der Waals surface area (Å²) in [6, 6.07) is 4.15. The predicted molar refractivity (Wildman–Crippen MR) is 87.4 cm³/mol. The third-order valence-electron chi connectivity index (χ3n) is 2.87. The summed E-state index contributed by atoms with van der Waals surface area (Å²) in [6.07, 6.45) is 0. The highest BCUT2D eigenvalue weighted by Gasteiger charge is 2.10. The Hall–Kier alpha value is -0.390. The van der Waals surface area contributed by atoms with Crippen LogP contribution in [0.5, 0.6) is 5.75 Å². The van der Waals surface area contributed by atoms with Gasteiger partial charge in [-0.1, -0.05) is 31.9 Å². The Bertz CT molecular complexity index is 576. The van der Waals surface area contributed by atoms with Crippen LogP contribution in [0.15, 0.2) is 16.6 Å². The zero-order chi connectivity index (χ0) is 14.0. The molecule has 0 unspecified atom stereocenters. The molecule has 0 aliphatic heterocycles. The van der Waals surface area contributed by atoms with Crippen LogP contribution in [0, 0.1) is 20.8 Å². The summed E-state index contributed by atoms with van der Waals surface area (Å²) in [5.74, 6) is 0.950. The van der Waals surface area contributed by atoms with E-state index in [1.807, 2.05) is 6.92 Å². The van der Waals surface area contributed by atoms with Crippen molar-refractivity contribution in [2.24, 2.45) is 0 Å². The molecular formula is C14H15Br2NOS. The number of benzene rings is 1. The second-order valence-corrected chi connectivity index (χ2v) is 7.15. The van der Waals surface area contributed by atoms with Gasteiger partial charge in [-0.2, -0.15) is 0 Å². The molecule has 0 aliphatic rings. The minimum absolute atomic E-state index is 0.530. The fraction of sp³-hybridized carbons (Fsp3) is 0.357. The monoisotopic (exact) mass is 403 g/mol. The van der Waals surface area contributed by atoms with Crippen molar-refractivity contribution < 1.29 is 4.74 Å². The maximum atomic E-state index is 5.97. The lowest BCUT2D eigenvalue weighted by atomic mass is 10.1. The van der Waals surface area contributed by atoms with Crippen molar-refractivity contribution in [3.05, 3.63) is 43.3 Å². The van der Waals surface area contributed by atoms with E-state index in [4.69, 9.17) is 4.74 Å². The summed E-state index contributed by atoms with van der Waals surface area (Å²) < 4.78 is 7.04. The van der Waals surface area contributed by atoms with Crippen LogP contribution >= 0.6 is 43.2 Å².